The molecule has 0 atom stereocenters. The van der Waals surface area contributed by atoms with Crippen LogP contribution in [-0.2, 0) is 10.2 Å². The predicted molar refractivity (Wildman–Crippen MR) is 88.3 cm³/mol. The van der Waals surface area contributed by atoms with E-state index in [1.54, 1.807) is 0 Å². The van der Waals surface area contributed by atoms with E-state index < -0.39 is 11.4 Å². The summed E-state index contributed by atoms with van der Waals surface area (Å²) in [4.78, 5) is 14.3. The van der Waals surface area contributed by atoms with Crippen LogP contribution < -0.4 is 0 Å². The van der Waals surface area contributed by atoms with Crippen LogP contribution >= 0.6 is 0 Å². The molecule has 1 aromatic carbocycles. The lowest BCUT2D eigenvalue weighted by molar-refractivity contribution is -0.145. The average molecular weight is 301 g/mol. The number of carboxylic acids is 1. The Morgan fingerprint density at radius 3 is 2.23 bits per heavy atom. The fourth-order valence-corrected chi connectivity index (χ4v) is 4.20. The zero-order valence-electron chi connectivity index (χ0n) is 13.6. The highest BCUT2D eigenvalue weighted by molar-refractivity contribution is 5.81. The Kier molecular flexibility index (Phi) is 4.53. The van der Waals surface area contributed by atoms with Crippen LogP contribution in [0.25, 0.3) is 0 Å². The molecule has 1 saturated heterocycles. The Balaban J connectivity index is 1.79. The van der Waals surface area contributed by atoms with Gasteiger partial charge in [-0.2, -0.15) is 0 Å². The van der Waals surface area contributed by atoms with Gasteiger partial charge in [-0.1, -0.05) is 43.5 Å². The molecule has 0 aromatic heterocycles. The highest BCUT2D eigenvalue weighted by Gasteiger charge is 2.41. The Bertz CT molecular complexity index is 509. The first-order chi connectivity index (χ1) is 10.6. The molecule has 3 rings (SSSR count). The number of hydrogen-bond donors (Lipinski definition) is 1. The van der Waals surface area contributed by atoms with Crippen molar-refractivity contribution in [1.29, 1.82) is 0 Å². The third kappa shape index (κ3) is 2.91. The molecular formula is C19H27NO2. The second-order valence-electron chi connectivity index (χ2n) is 7.15. The number of piperidine rings is 1. The number of carboxylic acid groups (broad SMARTS) is 1. The molecule has 1 N–H and O–H groups in total. The lowest BCUT2D eigenvalue weighted by Crippen LogP contribution is -2.37. The second-order valence-corrected chi connectivity index (χ2v) is 7.15. The lowest BCUT2D eigenvalue weighted by atomic mass is 9.69. The van der Waals surface area contributed by atoms with Crippen molar-refractivity contribution in [3.63, 3.8) is 0 Å². The van der Waals surface area contributed by atoms with E-state index in [-0.39, 0.29) is 0 Å². The van der Waals surface area contributed by atoms with Gasteiger partial charge in [-0.3, -0.25) is 4.79 Å². The molecule has 0 bridgehead atoms. The van der Waals surface area contributed by atoms with Gasteiger partial charge in [-0.25, -0.2) is 0 Å². The Labute approximate surface area is 133 Å². The summed E-state index contributed by atoms with van der Waals surface area (Å²) in [6.45, 7) is 2.32. The Hall–Kier alpha value is -1.35. The fourth-order valence-electron chi connectivity index (χ4n) is 4.20. The number of likely N-dealkylation sites (tertiary alicyclic amines) is 1. The lowest BCUT2D eigenvalue weighted by Gasteiger charge is -2.34. The minimum Gasteiger partial charge on any atom is -0.481 e. The molecule has 1 aliphatic heterocycles. The van der Waals surface area contributed by atoms with Crippen LogP contribution in [0, 0.1) is 0 Å². The van der Waals surface area contributed by atoms with Crippen molar-refractivity contribution >= 4 is 5.97 Å². The smallest absolute Gasteiger partial charge is 0.314 e. The standard InChI is InChI=1S/C19H27NO2/c1-20-13-9-16(10-14-20)15-5-7-17(8-6-15)19(18(21)22)11-3-2-4-12-19/h5-8,16H,2-4,9-14H2,1H3,(H,21,22). The molecular weight excluding hydrogens is 274 g/mol. The van der Waals surface area contributed by atoms with Crippen molar-refractivity contribution in [3.05, 3.63) is 35.4 Å². The van der Waals surface area contributed by atoms with Crippen molar-refractivity contribution in [2.75, 3.05) is 20.1 Å². The van der Waals surface area contributed by atoms with Crippen molar-refractivity contribution in [1.82, 2.24) is 4.90 Å². The summed E-state index contributed by atoms with van der Waals surface area (Å²) in [7, 11) is 2.18. The number of aliphatic carboxylic acids is 1. The molecule has 2 aliphatic rings. The second kappa shape index (κ2) is 6.41. The molecule has 0 radical (unpaired) electrons. The maximum atomic E-state index is 11.9. The predicted octanol–water partition coefficient (Wildman–Crippen LogP) is 3.78. The van der Waals surface area contributed by atoms with Gasteiger partial charge >= 0.3 is 5.97 Å². The fraction of sp³-hybridized carbons (Fsp3) is 0.632. The Morgan fingerprint density at radius 2 is 1.68 bits per heavy atom. The minimum atomic E-state index is -0.640. The molecule has 2 fully saturated rings. The summed E-state index contributed by atoms with van der Waals surface area (Å²) in [5.41, 5.74) is 1.76. The van der Waals surface area contributed by atoms with E-state index in [4.69, 9.17) is 0 Å². The van der Waals surface area contributed by atoms with E-state index >= 15 is 0 Å². The van der Waals surface area contributed by atoms with Crippen LogP contribution in [0.3, 0.4) is 0 Å². The van der Waals surface area contributed by atoms with Gasteiger partial charge in [-0.05, 0) is 62.9 Å². The van der Waals surface area contributed by atoms with Gasteiger partial charge in [0.2, 0.25) is 0 Å². The number of hydrogen-bond acceptors (Lipinski definition) is 2. The first-order valence-electron chi connectivity index (χ1n) is 8.64. The third-order valence-electron chi connectivity index (χ3n) is 5.77. The number of benzene rings is 1. The summed E-state index contributed by atoms with van der Waals surface area (Å²) < 4.78 is 0. The Morgan fingerprint density at radius 1 is 1.09 bits per heavy atom. The zero-order chi connectivity index (χ0) is 15.6. The van der Waals surface area contributed by atoms with E-state index in [0.717, 1.165) is 44.3 Å². The number of rotatable bonds is 3. The minimum absolute atomic E-state index is 0.635. The topological polar surface area (TPSA) is 40.5 Å². The highest BCUT2D eigenvalue weighted by atomic mass is 16.4. The summed E-state index contributed by atoms with van der Waals surface area (Å²) in [5.74, 6) is -0.00312. The zero-order valence-corrected chi connectivity index (χ0v) is 13.6. The summed E-state index contributed by atoms with van der Waals surface area (Å²) in [6, 6.07) is 8.55. The molecule has 22 heavy (non-hydrogen) atoms. The van der Waals surface area contributed by atoms with Crippen molar-refractivity contribution in [2.24, 2.45) is 0 Å². The summed E-state index contributed by atoms with van der Waals surface area (Å²) in [5, 5.41) is 9.78. The van der Waals surface area contributed by atoms with Crippen molar-refractivity contribution in [3.8, 4) is 0 Å². The number of nitrogens with zero attached hydrogens (tertiary/aromatic N) is 1. The molecule has 0 unspecified atom stereocenters. The van der Waals surface area contributed by atoms with Crippen LogP contribution in [0.1, 0.15) is 62.0 Å². The average Bonchev–Trinajstić information content (AvgIpc) is 2.56. The van der Waals surface area contributed by atoms with Crippen LogP contribution in [0.5, 0.6) is 0 Å². The van der Waals surface area contributed by atoms with Gasteiger partial charge in [0.1, 0.15) is 0 Å². The van der Waals surface area contributed by atoms with Crippen molar-refractivity contribution < 1.29 is 9.90 Å². The number of carbonyl (C=O) groups is 1. The van der Waals surface area contributed by atoms with E-state index in [9.17, 15) is 9.90 Å². The molecule has 0 spiro atoms. The van der Waals surface area contributed by atoms with Crippen LogP contribution in [0.2, 0.25) is 0 Å². The van der Waals surface area contributed by atoms with Gasteiger partial charge < -0.3 is 10.0 Å². The largest absolute Gasteiger partial charge is 0.481 e. The molecule has 1 aromatic rings. The van der Waals surface area contributed by atoms with Crippen LogP contribution in [-0.4, -0.2) is 36.1 Å². The molecule has 1 saturated carbocycles. The van der Waals surface area contributed by atoms with Gasteiger partial charge in [0.25, 0.3) is 0 Å². The van der Waals surface area contributed by atoms with Gasteiger partial charge in [0.15, 0.2) is 0 Å². The van der Waals surface area contributed by atoms with Crippen molar-refractivity contribution in [2.45, 2.75) is 56.3 Å². The van der Waals surface area contributed by atoms with Crippen LogP contribution in [0.4, 0.5) is 0 Å². The van der Waals surface area contributed by atoms with Gasteiger partial charge in [0.05, 0.1) is 5.41 Å². The van der Waals surface area contributed by atoms with E-state index in [1.807, 2.05) is 0 Å². The quantitative estimate of drug-likeness (QED) is 0.923. The third-order valence-corrected chi connectivity index (χ3v) is 5.77. The van der Waals surface area contributed by atoms with Gasteiger partial charge in [0, 0.05) is 0 Å². The first kappa shape index (κ1) is 15.5. The van der Waals surface area contributed by atoms with E-state index in [0.29, 0.717) is 5.92 Å². The van der Waals surface area contributed by atoms with Gasteiger partial charge in [-0.15, -0.1) is 0 Å². The SMILES string of the molecule is CN1CCC(c2ccc(C3(C(=O)O)CCCCC3)cc2)CC1. The molecule has 1 aliphatic carbocycles. The monoisotopic (exact) mass is 301 g/mol. The van der Waals surface area contributed by atoms with Crippen LogP contribution in [0.15, 0.2) is 24.3 Å². The van der Waals surface area contributed by atoms with E-state index in [1.165, 1.54) is 24.8 Å². The molecule has 3 heteroatoms. The molecule has 1 heterocycles. The van der Waals surface area contributed by atoms with E-state index in [2.05, 4.69) is 36.2 Å². The maximum Gasteiger partial charge on any atom is 0.314 e. The maximum absolute atomic E-state index is 11.9. The molecule has 120 valence electrons. The molecule has 0 amide bonds. The summed E-state index contributed by atoms with van der Waals surface area (Å²) in [6.07, 6.45) is 7.22. The normalized spacial score (nSPS) is 23.3. The highest BCUT2D eigenvalue weighted by Crippen LogP contribution is 2.40. The first-order valence-corrected chi connectivity index (χ1v) is 8.64. The molecule has 3 nitrogen and oxygen atoms in total. The summed E-state index contributed by atoms with van der Waals surface area (Å²) >= 11 is 0.